The number of aromatic nitrogens is 1. The van der Waals surface area contributed by atoms with Crippen LogP contribution in [0.15, 0.2) is 29.2 Å². The minimum atomic E-state index is -1.52. The summed E-state index contributed by atoms with van der Waals surface area (Å²) in [5, 5.41) is 12.1. The van der Waals surface area contributed by atoms with Crippen molar-refractivity contribution in [3.05, 3.63) is 63.1 Å². The van der Waals surface area contributed by atoms with Gasteiger partial charge in [0.2, 0.25) is 5.43 Å². The van der Waals surface area contributed by atoms with E-state index in [1.165, 1.54) is 27.5 Å². The zero-order valence-corrected chi connectivity index (χ0v) is 19.6. The van der Waals surface area contributed by atoms with Crippen molar-refractivity contribution >= 4 is 11.8 Å². The van der Waals surface area contributed by atoms with E-state index in [1.807, 2.05) is 6.92 Å². The first-order chi connectivity index (χ1) is 16.9. The van der Waals surface area contributed by atoms with Crippen molar-refractivity contribution in [3.8, 4) is 5.75 Å². The maximum atomic E-state index is 15.5. The minimum Gasteiger partial charge on any atom is -0.503 e. The molecule has 2 saturated heterocycles. The number of fused-ring (bicyclic) bond motifs is 5. The van der Waals surface area contributed by atoms with Crippen LogP contribution in [-0.2, 0) is 11.4 Å². The van der Waals surface area contributed by atoms with E-state index in [9.17, 15) is 28.3 Å². The summed E-state index contributed by atoms with van der Waals surface area (Å²) in [6, 6.07) is 1.17. The lowest BCUT2D eigenvalue weighted by Crippen LogP contribution is -2.52. The predicted octanol–water partition coefficient (Wildman–Crippen LogP) is 2.02. The molecule has 9 nitrogen and oxygen atoms in total. The summed E-state index contributed by atoms with van der Waals surface area (Å²) in [4.78, 5) is 45.3. The largest absolute Gasteiger partial charge is 0.503 e. The van der Waals surface area contributed by atoms with Gasteiger partial charge in [0.05, 0.1) is 18.6 Å². The lowest BCUT2D eigenvalue weighted by molar-refractivity contribution is -0.228. The molecular weight excluding hydrogens is 481 g/mol. The first-order valence-electron chi connectivity index (χ1n) is 11.6. The van der Waals surface area contributed by atoms with Crippen LogP contribution in [0.4, 0.5) is 13.2 Å². The highest BCUT2D eigenvalue weighted by Gasteiger charge is 2.58. The number of hydrogen-bond donors (Lipinski definition) is 2. The fourth-order valence-corrected chi connectivity index (χ4v) is 5.63. The van der Waals surface area contributed by atoms with Gasteiger partial charge in [0.1, 0.15) is 29.0 Å². The molecule has 192 valence electrons. The normalized spacial score (nSPS) is 29.9. The van der Waals surface area contributed by atoms with E-state index >= 15 is 4.39 Å². The van der Waals surface area contributed by atoms with Gasteiger partial charge in [-0.05, 0) is 26.3 Å². The summed E-state index contributed by atoms with van der Waals surface area (Å²) < 4.78 is 44.6. The molecule has 1 aromatic heterocycles. The Morgan fingerprint density at radius 3 is 2.64 bits per heavy atom. The Labute approximate surface area is 203 Å². The Hall–Kier alpha value is -3.38. The Bertz CT molecular complexity index is 1330. The average molecular weight is 506 g/mol. The molecule has 1 spiro atoms. The maximum Gasteiger partial charge on any atom is 0.274 e. The third-order valence-electron chi connectivity index (χ3n) is 7.58. The molecule has 3 aliphatic heterocycles. The third-order valence-corrected chi connectivity index (χ3v) is 7.58. The first kappa shape index (κ1) is 24.3. The summed E-state index contributed by atoms with van der Waals surface area (Å²) in [6.07, 6.45) is -0.296. The topological polar surface area (TPSA) is 118 Å². The smallest absolute Gasteiger partial charge is 0.274 e. The zero-order chi connectivity index (χ0) is 26.1. The van der Waals surface area contributed by atoms with Gasteiger partial charge in [-0.25, -0.2) is 13.2 Å². The predicted molar refractivity (Wildman–Crippen MR) is 120 cm³/mol. The van der Waals surface area contributed by atoms with Gasteiger partial charge in [-0.1, -0.05) is 6.07 Å². The number of nitrogens with zero attached hydrogens (tertiary/aromatic N) is 3. The molecule has 2 aromatic rings. The highest BCUT2D eigenvalue weighted by Crippen LogP contribution is 2.49. The van der Waals surface area contributed by atoms with Crippen molar-refractivity contribution < 1.29 is 32.7 Å². The van der Waals surface area contributed by atoms with Crippen molar-refractivity contribution in [2.45, 2.75) is 63.1 Å². The van der Waals surface area contributed by atoms with Gasteiger partial charge in [0.15, 0.2) is 11.4 Å². The molecule has 3 aliphatic rings. The second-order valence-electron chi connectivity index (χ2n) is 9.79. The van der Waals surface area contributed by atoms with Crippen LogP contribution in [0.25, 0.3) is 0 Å². The molecule has 4 heterocycles. The van der Waals surface area contributed by atoms with Gasteiger partial charge in [-0.15, -0.1) is 0 Å². The molecule has 0 saturated carbocycles. The van der Waals surface area contributed by atoms with Crippen LogP contribution in [0.1, 0.15) is 59.1 Å². The van der Waals surface area contributed by atoms with Crippen LogP contribution in [0.5, 0.6) is 5.75 Å². The van der Waals surface area contributed by atoms with Crippen LogP contribution in [0, 0.1) is 11.6 Å². The van der Waals surface area contributed by atoms with E-state index < -0.39 is 64.0 Å². The van der Waals surface area contributed by atoms with E-state index in [2.05, 4.69) is 0 Å². The molecule has 3 N–H and O–H groups in total. The number of nitrogens with two attached hydrogens (primary N) is 1. The van der Waals surface area contributed by atoms with Gasteiger partial charge < -0.3 is 20.3 Å². The number of pyridine rings is 1. The van der Waals surface area contributed by atoms with Crippen molar-refractivity contribution in [2.24, 2.45) is 5.73 Å². The molecular formula is C24H25F3N4O5. The van der Waals surface area contributed by atoms with E-state index in [0.717, 1.165) is 18.3 Å². The summed E-state index contributed by atoms with van der Waals surface area (Å²) in [5.41, 5.74) is 2.26. The monoisotopic (exact) mass is 506 g/mol. The zero-order valence-electron chi connectivity index (χ0n) is 19.6. The van der Waals surface area contributed by atoms with Gasteiger partial charge >= 0.3 is 0 Å². The SMILES string of the molecule is CC1C[C@]2(C[C@H](F)[C@H](C)N3C[C@H]2n2cc(C(N)=O)c(=O)c(O)c2C3=O)ON1Cc1ccc(F)cc1F. The highest BCUT2D eigenvalue weighted by molar-refractivity contribution is 5.99. The number of hydroxylamine groups is 2. The number of aromatic hydroxyl groups is 1. The molecule has 1 unspecified atom stereocenters. The van der Waals surface area contributed by atoms with E-state index in [-0.39, 0.29) is 43.2 Å². The van der Waals surface area contributed by atoms with Gasteiger partial charge in [0, 0.05) is 36.8 Å². The minimum absolute atomic E-state index is 0.0145. The molecule has 0 aliphatic carbocycles. The number of hydrogen-bond acceptors (Lipinski definition) is 6. The average Bonchev–Trinajstić information content (AvgIpc) is 3.07. The highest BCUT2D eigenvalue weighted by atomic mass is 19.1. The molecule has 2 amide bonds. The fraction of sp³-hybridized carbons (Fsp3) is 0.458. The Balaban J connectivity index is 1.62. The number of carbonyl (C=O) groups excluding carboxylic acids is 2. The quantitative estimate of drug-likeness (QED) is 0.658. The van der Waals surface area contributed by atoms with Crippen LogP contribution in [-0.4, -0.2) is 61.9 Å². The van der Waals surface area contributed by atoms with Crippen molar-refractivity contribution in [1.29, 1.82) is 0 Å². The summed E-state index contributed by atoms with van der Waals surface area (Å²) >= 11 is 0. The van der Waals surface area contributed by atoms with Gasteiger partial charge in [0.25, 0.3) is 11.8 Å². The third kappa shape index (κ3) is 3.58. The van der Waals surface area contributed by atoms with Gasteiger partial charge in [-0.2, -0.15) is 5.06 Å². The van der Waals surface area contributed by atoms with E-state index in [0.29, 0.717) is 0 Å². The second-order valence-corrected chi connectivity index (χ2v) is 9.79. The molecule has 0 radical (unpaired) electrons. The number of primary amides is 1. The lowest BCUT2D eigenvalue weighted by atomic mass is 9.83. The second kappa shape index (κ2) is 8.34. The molecule has 1 aromatic carbocycles. The summed E-state index contributed by atoms with van der Waals surface area (Å²) in [7, 11) is 0. The van der Waals surface area contributed by atoms with Crippen LogP contribution < -0.4 is 11.2 Å². The molecule has 5 rings (SSSR count). The standard InChI is InChI=1S/C24H25F3N4O5/c1-11-6-24(36-31(11)8-13-3-4-14(25)5-16(13)26)7-17(27)12(2)29-10-18(24)30-9-15(22(28)34)20(32)21(33)19(30)23(29)35/h3-5,9,11-12,17-18,33H,6-8,10H2,1-2H3,(H2,28,34)/t11?,12-,17-,18+,24+/m0/s1. The molecule has 12 heteroatoms. The Kier molecular flexibility index (Phi) is 5.63. The maximum absolute atomic E-state index is 15.5. The number of rotatable bonds is 3. The number of benzene rings is 1. The van der Waals surface area contributed by atoms with Crippen molar-refractivity contribution in [2.75, 3.05) is 6.54 Å². The van der Waals surface area contributed by atoms with Crippen molar-refractivity contribution in [3.63, 3.8) is 0 Å². The van der Waals surface area contributed by atoms with Crippen LogP contribution >= 0.6 is 0 Å². The molecule has 2 fully saturated rings. The van der Waals surface area contributed by atoms with Crippen molar-refractivity contribution in [1.82, 2.24) is 14.5 Å². The molecule has 36 heavy (non-hydrogen) atoms. The molecule has 2 bridgehead atoms. The number of halogens is 3. The fourth-order valence-electron chi connectivity index (χ4n) is 5.63. The molecule has 5 atom stereocenters. The van der Waals surface area contributed by atoms with E-state index in [1.54, 1.807) is 0 Å². The first-order valence-corrected chi connectivity index (χ1v) is 11.6. The summed E-state index contributed by atoms with van der Waals surface area (Å²) in [6.45, 7) is 3.28. The van der Waals surface area contributed by atoms with Gasteiger partial charge in [-0.3, -0.25) is 19.2 Å². The summed E-state index contributed by atoms with van der Waals surface area (Å²) in [5.74, 6) is -4.25. The Morgan fingerprint density at radius 2 is 1.97 bits per heavy atom. The number of alkyl halides is 1. The van der Waals surface area contributed by atoms with Crippen LogP contribution in [0.2, 0.25) is 0 Å². The Morgan fingerprint density at radius 1 is 1.25 bits per heavy atom. The lowest BCUT2D eigenvalue weighted by Gasteiger charge is -2.42. The van der Waals surface area contributed by atoms with Crippen LogP contribution in [0.3, 0.4) is 0 Å². The number of carbonyl (C=O) groups is 2. The van der Waals surface area contributed by atoms with E-state index in [4.69, 9.17) is 10.6 Å². The number of amides is 2.